The first-order chi connectivity index (χ1) is 40.5. The Labute approximate surface area is 513 Å². The maximum Gasteiger partial charge on any atom is 0.305 e. The second-order valence-electron chi connectivity index (χ2n) is 25.6. The van der Waals surface area contributed by atoms with Gasteiger partial charge in [-0.2, -0.15) is 0 Å². The Morgan fingerprint density at radius 3 is 0.963 bits per heavy atom. The minimum absolute atomic E-state index is 0.00283. The lowest BCUT2D eigenvalue weighted by Gasteiger charge is -2.20. The molecular weight excluding hydrogens is 1010 g/mol. The van der Waals surface area contributed by atoms with Crippen LogP contribution in [0.2, 0.25) is 0 Å². The van der Waals surface area contributed by atoms with Crippen molar-refractivity contribution in [1.29, 1.82) is 0 Å². The van der Waals surface area contributed by atoms with E-state index in [4.69, 9.17) is 4.74 Å². The van der Waals surface area contributed by atoms with Crippen LogP contribution < -0.4 is 5.32 Å². The molecule has 0 aliphatic carbocycles. The van der Waals surface area contributed by atoms with Crippen molar-refractivity contribution in [3.8, 4) is 0 Å². The SMILES string of the molecule is CCCC/C=C\C/C=C\CCCCCCCC(=O)OCCCCCCCCCCCCCCCCCCCCCCCCCCCCC(=O)NC(CO)C(O)/C=C/CCCCCCCCCCCCCCCCCCCCCCCCC. The van der Waals surface area contributed by atoms with Crippen molar-refractivity contribution in [2.24, 2.45) is 0 Å². The summed E-state index contributed by atoms with van der Waals surface area (Å²) >= 11 is 0. The number of unbranched alkanes of at least 4 members (excludes halogenated alkanes) is 55. The molecule has 484 valence electrons. The first kappa shape index (κ1) is 80.1. The highest BCUT2D eigenvalue weighted by Crippen LogP contribution is 2.19. The Morgan fingerprint density at radius 2 is 0.622 bits per heavy atom. The molecule has 1 amide bonds. The Bertz CT molecular complexity index is 1330. The maximum absolute atomic E-state index is 12.5. The minimum Gasteiger partial charge on any atom is -0.466 e. The molecular formula is C76H145NO5. The number of ether oxygens (including phenoxy) is 1. The van der Waals surface area contributed by atoms with E-state index in [1.165, 1.54) is 334 Å². The number of amides is 1. The standard InChI is InChI=1S/C76H145NO5/c1-3-5-7-9-11-13-15-17-19-20-21-22-23-26-29-32-35-38-41-44-48-52-56-60-64-68-74(79)73(72-78)77-75(80)69-65-61-57-53-49-45-42-39-36-33-30-27-24-25-28-31-34-37-40-43-47-51-55-59-63-67-71-82-76(81)70-66-62-58-54-50-46-18-16-14-12-10-8-6-4-2/h10,12,16,18,64,68,73-74,78-79H,3-9,11,13-15,17,19-63,65-67,69-72H2,1-2H3,(H,77,80)/b12-10-,18-16-,68-64+. The van der Waals surface area contributed by atoms with E-state index in [2.05, 4.69) is 43.5 Å². The van der Waals surface area contributed by atoms with Gasteiger partial charge in [-0.3, -0.25) is 9.59 Å². The van der Waals surface area contributed by atoms with Gasteiger partial charge in [0.1, 0.15) is 0 Å². The molecule has 0 aliphatic heterocycles. The van der Waals surface area contributed by atoms with E-state index in [-0.39, 0.29) is 18.5 Å². The Morgan fingerprint density at radius 1 is 0.341 bits per heavy atom. The Balaban J connectivity index is 3.39. The molecule has 0 aromatic rings. The number of rotatable bonds is 70. The summed E-state index contributed by atoms with van der Waals surface area (Å²) < 4.78 is 5.48. The van der Waals surface area contributed by atoms with Crippen molar-refractivity contribution in [3.63, 3.8) is 0 Å². The number of esters is 1. The molecule has 0 aliphatic rings. The number of allylic oxidation sites excluding steroid dienone is 5. The van der Waals surface area contributed by atoms with Gasteiger partial charge in [-0.25, -0.2) is 0 Å². The number of aliphatic hydroxyl groups excluding tert-OH is 2. The Kier molecular flexibility index (Phi) is 69.9. The van der Waals surface area contributed by atoms with E-state index in [1.54, 1.807) is 6.08 Å². The summed E-state index contributed by atoms with van der Waals surface area (Å²) in [7, 11) is 0. The number of hydrogen-bond acceptors (Lipinski definition) is 5. The first-order valence-corrected chi connectivity index (χ1v) is 37.3. The van der Waals surface area contributed by atoms with Gasteiger partial charge in [0.2, 0.25) is 5.91 Å². The quantitative estimate of drug-likeness (QED) is 0.0320. The summed E-state index contributed by atoms with van der Waals surface area (Å²) in [5, 5.41) is 23.3. The van der Waals surface area contributed by atoms with Gasteiger partial charge in [0, 0.05) is 12.8 Å². The fourth-order valence-corrected chi connectivity index (χ4v) is 11.7. The molecule has 0 saturated heterocycles. The lowest BCUT2D eigenvalue weighted by atomic mass is 10.0. The van der Waals surface area contributed by atoms with Crippen molar-refractivity contribution in [1.82, 2.24) is 5.32 Å². The van der Waals surface area contributed by atoms with Crippen LogP contribution in [0.15, 0.2) is 36.5 Å². The topological polar surface area (TPSA) is 95.9 Å². The third-order valence-corrected chi connectivity index (χ3v) is 17.4. The summed E-state index contributed by atoms with van der Waals surface area (Å²) in [5.41, 5.74) is 0. The third-order valence-electron chi connectivity index (χ3n) is 17.4. The summed E-state index contributed by atoms with van der Waals surface area (Å²) in [4.78, 5) is 24.6. The Hall–Kier alpha value is -1.92. The minimum atomic E-state index is -0.845. The second kappa shape index (κ2) is 71.6. The number of carbonyl (C=O) groups is 2. The van der Waals surface area contributed by atoms with E-state index in [0.717, 1.165) is 51.4 Å². The number of nitrogens with one attached hydrogen (secondary N) is 1. The molecule has 0 aromatic carbocycles. The van der Waals surface area contributed by atoms with Gasteiger partial charge in [-0.1, -0.05) is 378 Å². The first-order valence-electron chi connectivity index (χ1n) is 37.3. The van der Waals surface area contributed by atoms with Crippen molar-refractivity contribution in [2.45, 2.75) is 424 Å². The van der Waals surface area contributed by atoms with Crippen molar-refractivity contribution >= 4 is 11.9 Å². The highest BCUT2D eigenvalue weighted by Gasteiger charge is 2.18. The van der Waals surface area contributed by atoms with Gasteiger partial charge >= 0.3 is 5.97 Å². The monoisotopic (exact) mass is 1150 g/mol. The van der Waals surface area contributed by atoms with Gasteiger partial charge in [0.25, 0.3) is 0 Å². The fraction of sp³-hybridized carbons (Fsp3) is 0.895. The van der Waals surface area contributed by atoms with Gasteiger partial charge in [0.15, 0.2) is 0 Å². The van der Waals surface area contributed by atoms with Gasteiger partial charge < -0.3 is 20.3 Å². The van der Waals surface area contributed by atoms with E-state index in [9.17, 15) is 19.8 Å². The highest BCUT2D eigenvalue weighted by atomic mass is 16.5. The predicted molar refractivity (Wildman–Crippen MR) is 361 cm³/mol. The molecule has 0 spiro atoms. The number of aliphatic hydroxyl groups is 2. The maximum atomic E-state index is 12.5. The number of carbonyl (C=O) groups excluding carboxylic acids is 2. The summed E-state index contributed by atoms with van der Waals surface area (Å²) in [6.07, 6.45) is 92.4. The molecule has 6 heteroatoms. The third kappa shape index (κ3) is 67.2. The molecule has 0 fully saturated rings. The van der Waals surface area contributed by atoms with E-state index in [1.807, 2.05) is 6.08 Å². The molecule has 82 heavy (non-hydrogen) atoms. The van der Waals surface area contributed by atoms with Gasteiger partial charge in [-0.05, 0) is 57.8 Å². The van der Waals surface area contributed by atoms with Crippen LogP contribution in [0.25, 0.3) is 0 Å². The van der Waals surface area contributed by atoms with Crippen molar-refractivity contribution in [3.05, 3.63) is 36.5 Å². The summed E-state index contributed by atoms with van der Waals surface area (Å²) in [5.74, 6) is -0.0584. The fourth-order valence-electron chi connectivity index (χ4n) is 11.7. The molecule has 2 atom stereocenters. The summed E-state index contributed by atoms with van der Waals surface area (Å²) in [6, 6.07) is -0.628. The zero-order valence-electron chi connectivity index (χ0n) is 55.5. The van der Waals surface area contributed by atoms with Crippen LogP contribution in [0, 0.1) is 0 Å². The number of hydrogen-bond donors (Lipinski definition) is 3. The molecule has 0 aromatic heterocycles. The summed E-state index contributed by atoms with van der Waals surface area (Å²) in [6.45, 7) is 4.90. The van der Waals surface area contributed by atoms with Gasteiger partial charge in [-0.15, -0.1) is 0 Å². The highest BCUT2D eigenvalue weighted by molar-refractivity contribution is 5.76. The van der Waals surface area contributed by atoms with Crippen LogP contribution in [0.5, 0.6) is 0 Å². The van der Waals surface area contributed by atoms with Crippen molar-refractivity contribution < 1.29 is 24.5 Å². The van der Waals surface area contributed by atoms with Crippen molar-refractivity contribution in [2.75, 3.05) is 13.2 Å². The second-order valence-corrected chi connectivity index (χ2v) is 25.6. The molecule has 6 nitrogen and oxygen atoms in total. The average Bonchev–Trinajstić information content (AvgIpc) is 3.48. The zero-order valence-corrected chi connectivity index (χ0v) is 55.5. The molecule has 0 bridgehead atoms. The largest absolute Gasteiger partial charge is 0.466 e. The zero-order chi connectivity index (χ0) is 59.2. The van der Waals surface area contributed by atoms with Crippen LogP contribution in [0.3, 0.4) is 0 Å². The van der Waals surface area contributed by atoms with Crippen LogP contribution in [-0.4, -0.2) is 47.4 Å². The average molecular weight is 1150 g/mol. The van der Waals surface area contributed by atoms with Crippen LogP contribution >= 0.6 is 0 Å². The molecule has 0 rings (SSSR count). The predicted octanol–water partition coefficient (Wildman–Crippen LogP) is 24.3. The lowest BCUT2D eigenvalue weighted by Crippen LogP contribution is -2.45. The van der Waals surface area contributed by atoms with Crippen LogP contribution in [-0.2, 0) is 14.3 Å². The molecule has 0 heterocycles. The van der Waals surface area contributed by atoms with Crippen LogP contribution in [0.4, 0.5) is 0 Å². The molecule has 2 unspecified atom stereocenters. The van der Waals surface area contributed by atoms with Gasteiger partial charge in [0.05, 0.1) is 25.4 Å². The molecule has 3 N–H and O–H groups in total. The lowest BCUT2D eigenvalue weighted by molar-refractivity contribution is -0.143. The van der Waals surface area contributed by atoms with E-state index >= 15 is 0 Å². The van der Waals surface area contributed by atoms with Crippen LogP contribution in [0.1, 0.15) is 412 Å². The smallest absolute Gasteiger partial charge is 0.305 e. The van der Waals surface area contributed by atoms with E-state index < -0.39 is 12.1 Å². The van der Waals surface area contributed by atoms with E-state index in [0.29, 0.717) is 19.4 Å². The molecule has 0 radical (unpaired) electrons. The molecule has 0 saturated carbocycles. The normalized spacial score (nSPS) is 12.7.